The molecule has 4 rings (SSSR count). The molecule has 9 nitrogen and oxygen atoms in total. The van der Waals surface area contributed by atoms with Crippen LogP contribution in [0.2, 0.25) is 0 Å². The molecular weight excluding hydrogens is 632 g/mol. The van der Waals surface area contributed by atoms with Crippen molar-refractivity contribution in [2.24, 2.45) is 0 Å². The molecule has 0 unspecified atom stereocenters. The highest BCUT2D eigenvalue weighted by Crippen LogP contribution is 2.31. The molecular formula is C29H29FIN3O6. The molecule has 1 atom stereocenters. The fraction of sp³-hybridized carbons (Fsp3) is 0.241. The number of methoxy groups -OCH3 is 1. The zero-order chi connectivity index (χ0) is 28.5. The van der Waals surface area contributed by atoms with Crippen LogP contribution in [-0.4, -0.2) is 54.1 Å². The molecule has 11 heteroatoms. The Morgan fingerprint density at radius 2 is 1.77 bits per heavy atom. The average Bonchev–Trinajstić information content (AvgIpc) is 3.25. The van der Waals surface area contributed by atoms with E-state index < -0.39 is 29.3 Å². The Balaban J connectivity index is 1.57. The van der Waals surface area contributed by atoms with Crippen LogP contribution >= 0.6 is 22.6 Å². The first-order valence-electron chi connectivity index (χ1n) is 12.5. The van der Waals surface area contributed by atoms with Crippen molar-refractivity contribution in [1.82, 2.24) is 9.55 Å². The Labute approximate surface area is 244 Å². The van der Waals surface area contributed by atoms with Gasteiger partial charge >= 0.3 is 5.69 Å². The molecule has 3 aromatic carbocycles. The number of carbonyl (C=O) groups is 1. The lowest BCUT2D eigenvalue weighted by atomic mass is 10.0. The van der Waals surface area contributed by atoms with Gasteiger partial charge in [-0.3, -0.25) is 4.79 Å². The first-order valence-corrected chi connectivity index (χ1v) is 13.6. The molecule has 210 valence electrons. The highest BCUT2D eigenvalue weighted by atomic mass is 127. The molecule has 0 saturated heterocycles. The van der Waals surface area contributed by atoms with Crippen molar-refractivity contribution < 1.29 is 28.5 Å². The number of anilines is 1. The number of carbonyl (C=O) groups excluding carboxylic acids is 1. The Morgan fingerprint density at radius 1 is 1.05 bits per heavy atom. The molecule has 40 heavy (non-hydrogen) atoms. The molecule has 0 spiro atoms. The first-order chi connectivity index (χ1) is 19.4. The fourth-order valence-electron chi connectivity index (χ4n) is 4.06. The Morgan fingerprint density at radius 3 is 2.48 bits per heavy atom. The van der Waals surface area contributed by atoms with Crippen LogP contribution in [0.4, 0.5) is 10.1 Å². The van der Waals surface area contributed by atoms with Gasteiger partial charge < -0.3 is 29.6 Å². The number of halogens is 2. The lowest BCUT2D eigenvalue weighted by Crippen LogP contribution is -2.33. The number of hydrogen-bond acceptors (Lipinski definition) is 6. The number of nitrogens with one attached hydrogen (secondary N) is 2. The lowest BCUT2D eigenvalue weighted by Gasteiger charge is -2.19. The van der Waals surface area contributed by atoms with Crippen LogP contribution in [0.15, 0.2) is 77.6 Å². The molecule has 0 fully saturated rings. The van der Waals surface area contributed by atoms with E-state index in [4.69, 9.17) is 14.2 Å². The van der Waals surface area contributed by atoms with Crippen LogP contribution < -0.4 is 15.7 Å². The average molecular weight is 661 g/mol. The lowest BCUT2D eigenvalue weighted by molar-refractivity contribution is -0.119. The number of amides is 1. The van der Waals surface area contributed by atoms with Gasteiger partial charge in [-0.2, -0.15) is 0 Å². The van der Waals surface area contributed by atoms with Crippen molar-refractivity contribution in [3.8, 4) is 22.9 Å². The molecule has 1 heterocycles. The summed E-state index contributed by atoms with van der Waals surface area (Å²) in [5, 5.41) is 13.7. The molecule has 0 aliphatic carbocycles. The summed E-state index contributed by atoms with van der Waals surface area (Å²) in [5.41, 5.74) is 0.712. The van der Waals surface area contributed by atoms with Crippen LogP contribution in [0.3, 0.4) is 0 Å². The summed E-state index contributed by atoms with van der Waals surface area (Å²) < 4.78 is 32.1. The van der Waals surface area contributed by atoms with Gasteiger partial charge in [-0.15, -0.1) is 0 Å². The Bertz CT molecular complexity index is 1470. The van der Waals surface area contributed by atoms with Crippen molar-refractivity contribution >= 4 is 34.2 Å². The van der Waals surface area contributed by atoms with Crippen LogP contribution in [0.5, 0.6) is 11.6 Å². The zero-order valence-corrected chi connectivity index (χ0v) is 23.9. The third-order valence-corrected chi connectivity index (χ3v) is 6.72. The third-order valence-electron chi connectivity index (χ3n) is 6.05. The fourth-order valence-corrected chi connectivity index (χ4v) is 4.51. The normalized spacial score (nSPS) is 11.8. The smallest absolute Gasteiger partial charge is 0.329 e. The second kappa shape index (κ2) is 14.1. The van der Waals surface area contributed by atoms with Crippen molar-refractivity contribution in [3.63, 3.8) is 0 Å². The van der Waals surface area contributed by atoms with Gasteiger partial charge in [-0.1, -0.05) is 30.3 Å². The Kier molecular flexibility index (Phi) is 10.3. The topological polar surface area (TPSA) is 115 Å². The van der Waals surface area contributed by atoms with E-state index in [2.05, 4.69) is 10.3 Å². The summed E-state index contributed by atoms with van der Waals surface area (Å²) in [5.74, 6) is -1.08. The monoisotopic (exact) mass is 661 g/mol. The molecule has 1 aromatic heterocycles. The molecule has 0 aliphatic rings. The molecule has 1 amide bonds. The number of ether oxygens (including phenoxy) is 3. The second-order valence-corrected chi connectivity index (χ2v) is 10.0. The van der Waals surface area contributed by atoms with E-state index in [1.54, 1.807) is 37.4 Å². The number of nitrogens with zero attached hydrogens (tertiary/aromatic N) is 1. The maximum absolute atomic E-state index is 14.5. The maximum atomic E-state index is 14.5. The standard InChI is InChI=1S/C29H29FIN3O6/c1-38-13-14-39-15-16-40-22-10-7-20(8-11-22)26-28(36)34(29(37)33-26)25(17-19-5-3-2-4-6-19)27(35)32-24-12-9-21(31)18-23(24)30/h2-12,18,25,36H,13-17H2,1H3,(H,32,35)(H,33,37)/t25-/m0/s1. The minimum absolute atomic E-state index is 0.0218. The minimum Gasteiger partial charge on any atom is -0.493 e. The van der Waals surface area contributed by atoms with Gasteiger partial charge in [0.25, 0.3) is 0 Å². The highest BCUT2D eigenvalue weighted by Gasteiger charge is 2.28. The van der Waals surface area contributed by atoms with Gasteiger partial charge in [0.15, 0.2) is 0 Å². The molecule has 0 saturated carbocycles. The molecule has 3 N–H and O–H groups in total. The van der Waals surface area contributed by atoms with Crippen LogP contribution in [0.25, 0.3) is 11.3 Å². The number of aromatic amines is 1. The Hall–Kier alpha value is -3.68. The van der Waals surface area contributed by atoms with E-state index in [0.717, 1.165) is 10.1 Å². The van der Waals surface area contributed by atoms with Gasteiger partial charge in [0.05, 0.1) is 25.5 Å². The zero-order valence-electron chi connectivity index (χ0n) is 21.7. The highest BCUT2D eigenvalue weighted by molar-refractivity contribution is 14.1. The molecule has 0 radical (unpaired) electrons. The van der Waals surface area contributed by atoms with Gasteiger partial charge in [0.2, 0.25) is 11.8 Å². The van der Waals surface area contributed by atoms with Gasteiger partial charge in [0, 0.05) is 22.7 Å². The second-order valence-electron chi connectivity index (χ2n) is 8.80. The molecule has 0 aliphatic heterocycles. The number of H-pyrrole nitrogens is 1. The quantitative estimate of drug-likeness (QED) is 0.141. The van der Waals surface area contributed by atoms with Gasteiger partial charge in [-0.05, 0) is 70.6 Å². The van der Waals surface area contributed by atoms with E-state index in [9.17, 15) is 19.1 Å². The minimum atomic E-state index is -1.17. The van der Waals surface area contributed by atoms with E-state index in [1.807, 2.05) is 52.9 Å². The number of aromatic hydroxyl groups is 1. The van der Waals surface area contributed by atoms with Gasteiger partial charge in [0.1, 0.15) is 29.9 Å². The van der Waals surface area contributed by atoms with Crippen molar-refractivity contribution in [2.75, 3.05) is 38.9 Å². The summed E-state index contributed by atoms with van der Waals surface area (Å²) in [6.07, 6.45) is 0.0860. The summed E-state index contributed by atoms with van der Waals surface area (Å²) in [6, 6.07) is 19.1. The molecule has 0 bridgehead atoms. The predicted molar refractivity (Wildman–Crippen MR) is 157 cm³/mol. The third kappa shape index (κ3) is 7.49. The van der Waals surface area contributed by atoms with Crippen molar-refractivity contribution in [3.05, 3.63) is 98.2 Å². The van der Waals surface area contributed by atoms with Crippen molar-refractivity contribution in [1.29, 1.82) is 0 Å². The number of aromatic nitrogens is 2. The van der Waals surface area contributed by atoms with E-state index in [1.165, 1.54) is 12.1 Å². The van der Waals surface area contributed by atoms with E-state index in [-0.39, 0.29) is 17.8 Å². The summed E-state index contributed by atoms with van der Waals surface area (Å²) in [6.45, 7) is 1.73. The van der Waals surface area contributed by atoms with Crippen LogP contribution in [0.1, 0.15) is 11.6 Å². The number of benzene rings is 3. The van der Waals surface area contributed by atoms with E-state index >= 15 is 0 Å². The number of hydrogen-bond donors (Lipinski definition) is 3. The largest absolute Gasteiger partial charge is 0.493 e. The number of imidazole rings is 1. The summed E-state index contributed by atoms with van der Waals surface area (Å²) >= 11 is 1.97. The van der Waals surface area contributed by atoms with Crippen LogP contribution in [0, 0.1) is 9.39 Å². The summed E-state index contributed by atoms with van der Waals surface area (Å²) in [7, 11) is 1.60. The SMILES string of the molecule is COCCOCCOc1ccc(-c2[nH]c(=O)n([C@@H](Cc3ccccc3)C(=O)Nc3ccc(I)cc3F)c2O)cc1. The molecule has 4 aromatic rings. The predicted octanol–water partition coefficient (Wildman–Crippen LogP) is 4.76. The number of rotatable bonds is 13. The van der Waals surface area contributed by atoms with Crippen molar-refractivity contribution in [2.45, 2.75) is 12.5 Å². The maximum Gasteiger partial charge on any atom is 0.329 e. The van der Waals surface area contributed by atoms with E-state index in [0.29, 0.717) is 41.3 Å². The van der Waals surface area contributed by atoms with Gasteiger partial charge in [-0.25, -0.2) is 13.8 Å². The van der Waals surface area contributed by atoms with Crippen LogP contribution in [-0.2, 0) is 20.7 Å². The first kappa shape index (κ1) is 29.3. The summed E-state index contributed by atoms with van der Waals surface area (Å²) in [4.78, 5) is 29.2.